The highest BCUT2D eigenvalue weighted by Gasteiger charge is 2.07. The molecule has 0 amide bonds. The molecule has 1 unspecified atom stereocenters. The van der Waals surface area contributed by atoms with Crippen LogP contribution in [0.1, 0.15) is 63.4 Å². The molecule has 1 aromatic rings. The van der Waals surface area contributed by atoms with Crippen LogP contribution in [0.4, 0.5) is 0 Å². The molecule has 1 rings (SSSR count). The van der Waals surface area contributed by atoms with Crippen LogP contribution in [-0.2, 0) is 19.1 Å². The van der Waals surface area contributed by atoms with Crippen molar-refractivity contribution in [1.29, 1.82) is 0 Å². The standard InChI is InChI=1S/C24H36O8/c1-30-22-16-19(11-13-21(22)27)12-14-24(29)31-15-9-7-5-3-2-4-6-8-10-23(28)32-18-20(26)17-25/h11-14,16,20,25-27H,2-10,15,17-18H2,1H3/b14-12+. The molecule has 3 N–H and O–H groups in total. The van der Waals surface area contributed by atoms with Gasteiger partial charge in [-0.05, 0) is 36.6 Å². The number of aromatic hydroxyl groups is 1. The van der Waals surface area contributed by atoms with E-state index in [4.69, 9.17) is 24.4 Å². The Morgan fingerprint density at radius 2 is 1.66 bits per heavy atom. The minimum Gasteiger partial charge on any atom is -0.504 e. The molecule has 0 spiro atoms. The van der Waals surface area contributed by atoms with Gasteiger partial charge in [-0.15, -0.1) is 0 Å². The van der Waals surface area contributed by atoms with Gasteiger partial charge in [0, 0.05) is 12.5 Å². The average Bonchev–Trinajstić information content (AvgIpc) is 2.80. The van der Waals surface area contributed by atoms with Crippen molar-refractivity contribution in [3.05, 3.63) is 29.8 Å². The van der Waals surface area contributed by atoms with Gasteiger partial charge >= 0.3 is 11.9 Å². The number of hydrogen-bond acceptors (Lipinski definition) is 8. The highest BCUT2D eigenvalue weighted by molar-refractivity contribution is 5.87. The molecule has 0 heterocycles. The molecule has 0 aromatic heterocycles. The van der Waals surface area contributed by atoms with Crippen LogP contribution in [0.2, 0.25) is 0 Å². The Kier molecular flexibility index (Phi) is 14.6. The molecule has 8 nitrogen and oxygen atoms in total. The van der Waals surface area contributed by atoms with Crippen molar-refractivity contribution in [2.24, 2.45) is 0 Å². The van der Waals surface area contributed by atoms with Crippen LogP contribution in [0.3, 0.4) is 0 Å². The predicted molar refractivity (Wildman–Crippen MR) is 120 cm³/mol. The van der Waals surface area contributed by atoms with Crippen LogP contribution in [-0.4, -0.2) is 60.3 Å². The number of unbranched alkanes of at least 4 members (excludes halogenated alkanes) is 7. The van der Waals surface area contributed by atoms with Crippen LogP contribution in [0.15, 0.2) is 24.3 Å². The summed E-state index contributed by atoms with van der Waals surface area (Å²) in [6.07, 6.45) is 10.1. The van der Waals surface area contributed by atoms with Gasteiger partial charge in [-0.25, -0.2) is 4.79 Å². The number of esters is 2. The monoisotopic (exact) mass is 452 g/mol. The maximum atomic E-state index is 11.8. The Morgan fingerprint density at radius 1 is 1.00 bits per heavy atom. The van der Waals surface area contributed by atoms with E-state index in [0.29, 0.717) is 18.8 Å². The lowest BCUT2D eigenvalue weighted by Gasteiger charge is -2.08. The number of carbonyl (C=O) groups excluding carboxylic acids is 2. The van der Waals surface area contributed by atoms with Gasteiger partial charge in [-0.2, -0.15) is 0 Å². The first-order valence-corrected chi connectivity index (χ1v) is 11.1. The third-order valence-electron chi connectivity index (χ3n) is 4.78. The van der Waals surface area contributed by atoms with Crippen molar-refractivity contribution in [2.75, 3.05) is 26.9 Å². The van der Waals surface area contributed by atoms with Gasteiger partial charge in [0.25, 0.3) is 0 Å². The van der Waals surface area contributed by atoms with E-state index in [-0.39, 0.29) is 18.3 Å². The smallest absolute Gasteiger partial charge is 0.330 e. The highest BCUT2D eigenvalue weighted by atomic mass is 16.5. The number of hydrogen-bond donors (Lipinski definition) is 3. The van der Waals surface area contributed by atoms with E-state index in [2.05, 4.69) is 0 Å². The van der Waals surface area contributed by atoms with Gasteiger partial charge in [0.2, 0.25) is 0 Å². The summed E-state index contributed by atoms with van der Waals surface area (Å²) in [4.78, 5) is 23.2. The molecule has 0 aliphatic carbocycles. The average molecular weight is 453 g/mol. The third kappa shape index (κ3) is 13.0. The molecule has 0 saturated heterocycles. The van der Waals surface area contributed by atoms with Gasteiger partial charge in [0.15, 0.2) is 11.5 Å². The number of rotatable bonds is 17. The number of methoxy groups -OCH3 is 1. The molecule has 0 fully saturated rings. The van der Waals surface area contributed by atoms with Crippen molar-refractivity contribution >= 4 is 18.0 Å². The second-order valence-electron chi connectivity index (χ2n) is 7.53. The van der Waals surface area contributed by atoms with E-state index in [1.807, 2.05) is 0 Å². The van der Waals surface area contributed by atoms with E-state index in [1.54, 1.807) is 18.2 Å². The Labute approximate surface area is 189 Å². The topological polar surface area (TPSA) is 123 Å². The minimum absolute atomic E-state index is 0.0451. The van der Waals surface area contributed by atoms with E-state index < -0.39 is 18.7 Å². The highest BCUT2D eigenvalue weighted by Crippen LogP contribution is 2.26. The van der Waals surface area contributed by atoms with Crippen LogP contribution < -0.4 is 4.74 Å². The van der Waals surface area contributed by atoms with Crippen molar-refractivity contribution in [1.82, 2.24) is 0 Å². The fourth-order valence-corrected chi connectivity index (χ4v) is 2.93. The summed E-state index contributed by atoms with van der Waals surface area (Å²) in [5.74, 6) is -0.354. The van der Waals surface area contributed by atoms with Crippen molar-refractivity contribution in [3.8, 4) is 11.5 Å². The molecule has 1 aromatic carbocycles. The van der Waals surface area contributed by atoms with Crippen LogP contribution >= 0.6 is 0 Å². The molecule has 1 atom stereocenters. The molecule has 0 radical (unpaired) electrons. The molecule has 8 heteroatoms. The Bertz CT molecular complexity index is 701. The number of phenolic OH excluding ortho intramolecular Hbond substituents is 1. The van der Waals surface area contributed by atoms with E-state index in [1.165, 1.54) is 19.3 Å². The van der Waals surface area contributed by atoms with E-state index in [9.17, 15) is 14.7 Å². The van der Waals surface area contributed by atoms with E-state index >= 15 is 0 Å². The minimum atomic E-state index is -1.01. The van der Waals surface area contributed by atoms with Crippen molar-refractivity contribution < 1.29 is 39.1 Å². The second-order valence-corrected chi connectivity index (χ2v) is 7.53. The molecule has 0 bridgehead atoms. The molecular formula is C24H36O8. The predicted octanol–water partition coefficient (Wildman–Crippen LogP) is 3.36. The summed E-state index contributed by atoms with van der Waals surface area (Å²) in [6.45, 7) is -0.187. The fraction of sp³-hybridized carbons (Fsp3) is 0.583. The molecule has 0 aliphatic heterocycles. The third-order valence-corrected chi connectivity index (χ3v) is 4.78. The molecule has 32 heavy (non-hydrogen) atoms. The summed E-state index contributed by atoms with van der Waals surface area (Å²) < 4.78 is 15.1. The molecular weight excluding hydrogens is 416 g/mol. The maximum Gasteiger partial charge on any atom is 0.330 e. The zero-order valence-electron chi connectivity index (χ0n) is 18.8. The summed E-state index contributed by atoms with van der Waals surface area (Å²) in [5.41, 5.74) is 0.731. The SMILES string of the molecule is COc1cc(/C=C/C(=O)OCCCCCCCCCCC(=O)OCC(O)CO)ccc1O. The van der Waals surface area contributed by atoms with Crippen LogP contribution in [0.5, 0.6) is 11.5 Å². The van der Waals surface area contributed by atoms with Gasteiger partial charge in [0.1, 0.15) is 12.7 Å². The van der Waals surface area contributed by atoms with Crippen LogP contribution in [0.25, 0.3) is 6.08 Å². The second kappa shape index (κ2) is 17.0. The molecule has 0 saturated carbocycles. The molecule has 0 aliphatic rings. The normalized spacial score (nSPS) is 12.0. The summed E-state index contributed by atoms with van der Waals surface area (Å²) >= 11 is 0. The number of carbonyl (C=O) groups is 2. The lowest BCUT2D eigenvalue weighted by molar-refractivity contribution is -0.147. The lowest BCUT2D eigenvalue weighted by Crippen LogP contribution is -2.21. The van der Waals surface area contributed by atoms with Gasteiger partial charge in [-0.3, -0.25) is 4.79 Å². The Balaban J connectivity index is 1.97. The van der Waals surface area contributed by atoms with Gasteiger partial charge in [0.05, 0.1) is 20.3 Å². The first-order chi connectivity index (χ1) is 15.5. The van der Waals surface area contributed by atoms with Crippen LogP contribution in [0, 0.1) is 0 Å². The van der Waals surface area contributed by atoms with Crippen molar-refractivity contribution in [2.45, 2.75) is 63.9 Å². The van der Waals surface area contributed by atoms with Crippen molar-refractivity contribution in [3.63, 3.8) is 0 Å². The summed E-state index contributed by atoms with van der Waals surface area (Å²) in [5, 5.41) is 27.3. The van der Waals surface area contributed by atoms with Gasteiger partial charge < -0.3 is 29.5 Å². The maximum absolute atomic E-state index is 11.8. The summed E-state index contributed by atoms with van der Waals surface area (Å²) in [7, 11) is 1.46. The van der Waals surface area contributed by atoms with Gasteiger partial charge in [-0.1, -0.05) is 44.6 Å². The number of ether oxygens (including phenoxy) is 3. The fourth-order valence-electron chi connectivity index (χ4n) is 2.93. The largest absolute Gasteiger partial charge is 0.504 e. The quantitative estimate of drug-likeness (QED) is 0.187. The zero-order chi connectivity index (χ0) is 23.6. The number of aliphatic hydroxyl groups excluding tert-OH is 2. The zero-order valence-corrected chi connectivity index (χ0v) is 18.8. The lowest BCUT2D eigenvalue weighted by atomic mass is 10.1. The Morgan fingerprint density at radius 3 is 2.31 bits per heavy atom. The molecule has 180 valence electrons. The first kappa shape index (κ1) is 27.5. The summed E-state index contributed by atoms with van der Waals surface area (Å²) in [6, 6.07) is 4.82. The van der Waals surface area contributed by atoms with E-state index in [0.717, 1.165) is 56.9 Å². The number of benzene rings is 1. The number of aliphatic hydroxyl groups is 2. The first-order valence-electron chi connectivity index (χ1n) is 11.1. The Hall–Kier alpha value is -2.58. The number of phenols is 1.